The number of anilines is 1. The Morgan fingerprint density at radius 1 is 1.22 bits per heavy atom. The van der Waals surface area contributed by atoms with Crippen LogP contribution in [0, 0.1) is 0 Å². The van der Waals surface area contributed by atoms with E-state index in [1.54, 1.807) is 16.9 Å². The average molecular weight is 462 g/mol. The van der Waals surface area contributed by atoms with Gasteiger partial charge < -0.3 is 15.4 Å². The predicted molar refractivity (Wildman–Crippen MR) is 125 cm³/mol. The smallest absolute Gasteiger partial charge is 0.407 e. The molecule has 1 aromatic carbocycles. The summed E-state index contributed by atoms with van der Waals surface area (Å²) in [4.78, 5) is 26.9. The second kappa shape index (κ2) is 10.8. The maximum Gasteiger partial charge on any atom is 0.407 e. The molecule has 3 rings (SSSR count). The molecule has 174 valence electrons. The van der Waals surface area contributed by atoms with Crippen molar-refractivity contribution in [2.24, 2.45) is 0 Å². The molecule has 0 spiro atoms. The lowest BCUT2D eigenvalue weighted by atomic mass is 10.0. The van der Waals surface area contributed by atoms with Crippen molar-refractivity contribution in [3.63, 3.8) is 0 Å². The fourth-order valence-electron chi connectivity index (χ4n) is 3.73. The highest BCUT2D eigenvalue weighted by Gasteiger charge is 2.26. The van der Waals surface area contributed by atoms with Crippen LogP contribution in [-0.2, 0) is 16.1 Å². The van der Waals surface area contributed by atoms with Gasteiger partial charge in [0, 0.05) is 23.7 Å². The Hall–Kier alpha value is -2.58. The molecule has 9 heteroatoms. The molecular weight excluding hydrogens is 430 g/mol. The molecule has 2 N–H and O–H groups in total. The minimum Gasteiger partial charge on any atom is -0.444 e. The monoisotopic (exact) mass is 461 g/mol. The summed E-state index contributed by atoms with van der Waals surface area (Å²) in [6.45, 7) is 7.48. The van der Waals surface area contributed by atoms with Gasteiger partial charge >= 0.3 is 6.09 Å². The van der Waals surface area contributed by atoms with E-state index in [0.717, 1.165) is 31.4 Å². The molecule has 1 unspecified atom stereocenters. The summed E-state index contributed by atoms with van der Waals surface area (Å²) in [5.41, 5.74) is 0.390. The second-order valence-electron chi connectivity index (χ2n) is 9.02. The molecule has 1 saturated heterocycles. The van der Waals surface area contributed by atoms with Gasteiger partial charge in [-0.2, -0.15) is 5.10 Å². The first kappa shape index (κ1) is 24.1. The van der Waals surface area contributed by atoms with Gasteiger partial charge in [0.15, 0.2) is 0 Å². The van der Waals surface area contributed by atoms with Gasteiger partial charge in [0.05, 0.1) is 19.3 Å². The molecule has 1 aromatic heterocycles. The number of hydrogen-bond acceptors (Lipinski definition) is 5. The number of hydrogen-bond donors (Lipinski definition) is 2. The van der Waals surface area contributed by atoms with Crippen LogP contribution in [0.2, 0.25) is 5.02 Å². The summed E-state index contributed by atoms with van der Waals surface area (Å²) in [6.07, 6.45) is 4.24. The Morgan fingerprint density at radius 2 is 2.00 bits per heavy atom. The zero-order valence-electron chi connectivity index (χ0n) is 18.9. The topological polar surface area (TPSA) is 88.5 Å². The molecular formula is C23H32ClN5O3. The van der Waals surface area contributed by atoms with Crippen molar-refractivity contribution in [3.05, 3.63) is 47.1 Å². The molecule has 2 aromatic rings. The molecule has 0 bridgehead atoms. The van der Waals surface area contributed by atoms with Crippen LogP contribution in [0.1, 0.15) is 45.6 Å². The minimum absolute atomic E-state index is 0.0926. The van der Waals surface area contributed by atoms with Gasteiger partial charge in [-0.05, 0) is 51.8 Å². The number of rotatable bonds is 7. The Balaban J connectivity index is 1.55. The highest BCUT2D eigenvalue weighted by Crippen LogP contribution is 2.19. The van der Waals surface area contributed by atoms with Crippen LogP contribution in [0.25, 0.3) is 0 Å². The second-order valence-corrected chi connectivity index (χ2v) is 9.42. The molecule has 8 nitrogen and oxygen atoms in total. The third kappa shape index (κ3) is 7.24. The maximum absolute atomic E-state index is 12.8. The van der Waals surface area contributed by atoms with E-state index in [4.69, 9.17) is 16.3 Å². The number of carbonyl (C=O) groups is 2. The van der Waals surface area contributed by atoms with Crippen LogP contribution in [0.15, 0.2) is 36.5 Å². The first-order chi connectivity index (χ1) is 15.2. The van der Waals surface area contributed by atoms with Gasteiger partial charge in [0.1, 0.15) is 11.4 Å². The van der Waals surface area contributed by atoms with Crippen molar-refractivity contribution in [3.8, 4) is 0 Å². The van der Waals surface area contributed by atoms with Crippen LogP contribution in [0.4, 0.5) is 10.6 Å². The third-order valence-electron chi connectivity index (χ3n) is 5.24. The Labute approximate surface area is 194 Å². The summed E-state index contributed by atoms with van der Waals surface area (Å²) < 4.78 is 7.04. The van der Waals surface area contributed by atoms with E-state index >= 15 is 0 Å². The van der Waals surface area contributed by atoms with Crippen LogP contribution in [0.3, 0.4) is 0 Å². The quantitative estimate of drug-likeness (QED) is 0.652. The van der Waals surface area contributed by atoms with Crippen molar-refractivity contribution in [2.75, 3.05) is 25.0 Å². The first-order valence-electron chi connectivity index (χ1n) is 11.0. The molecule has 1 atom stereocenters. The van der Waals surface area contributed by atoms with Crippen LogP contribution in [-0.4, -0.2) is 58.0 Å². The van der Waals surface area contributed by atoms with Gasteiger partial charge in [0.2, 0.25) is 5.91 Å². The molecule has 32 heavy (non-hydrogen) atoms. The fraction of sp³-hybridized carbons (Fsp3) is 0.522. The van der Waals surface area contributed by atoms with Gasteiger partial charge in [-0.1, -0.05) is 36.2 Å². The summed E-state index contributed by atoms with van der Waals surface area (Å²) in [5, 5.41) is 10.8. The number of amides is 2. The van der Waals surface area contributed by atoms with E-state index in [1.807, 2.05) is 45.0 Å². The van der Waals surface area contributed by atoms with Crippen molar-refractivity contribution >= 4 is 29.4 Å². The number of ether oxygens (including phenoxy) is 1. The molecule has 0 saturated carbocycles. The number of nitrogens with one attached hydrogen (secondary N) is 2. The van der Waals surface area contributed by atoms with Crippen LogP contribution >= 0.6 is 11.6 Å². The van der Waals surface area contributed by atoms with Crippen molar-refractivity contribution in [2.45, 2.75) is 58.2 Å². The number of nitrogens with zero attached hydrogens (tertiary/aromatic N) is 3. The molecule has 0 aliphatic carbocycles. The number of benzene rings is 1. The number of halogens is 1. The van der Waals surface area contributed by atoms with Crippen molar-refractivity contribution in [1.82, 2.24) is 20.0 Å². The SMILES string of the molecule is CC(C)(C)OC(=O)NCC1CCCCN1CC(=O)Nc1ccnn1Cc1ccccc1Cl. The van der Waals surface area contributed by atoms with Gasteiger partial charge in [-0.15, -0.1) is 0 Å². The molecule has 1 fully saturated rings. The number of alkyl carbamates (subject to hydrolysis) is 1. The number of likely N-dealkylation sites (tertiary alicyclic amines) is 1. The van der Waals surface area contributed by atoms with E-state index in [9.17, 15) is 9.59 Å². The van der Waals surface area contributed by atoms with Crippen LogP contribution < -0.4 is 10.6 Å². The van der Waals surface area contributed by atoms with Gasteiger partial charge in [0.25, 0.3) is 0 Å². The van der Waals surface area contributed by atoms with E-state index in [2.05, 4.69) is 20.6 Å². The number of carbonyl (C=O) groups excluding carboxylic acids is 2. The normalized spacial score (nSPS) is 17.1. The number of aromatic nitrogens is 2. The Kier molecular flexibility index (Phi) is 8.15. The minimum atomic E-state index is -0.539. The number of piperidine rings is 1. The Morgan fingerprint density at radius 3 is 2.75 bits per heavy atom. The highest BCUT2D eigenvalue weighted by molar-refractivity contribution is 6.31. The summed E-state index contributed by atoms with van der Waals surface area (Å²) >= 11 is 6.26. The van der Waals surface area contributed by atoms with E-state index in [1.165, 1.54) is 0 Å². The molecule has 1 aliphatic rings. The van der Waals surface area contributed by atoms with E-state index in [0.29, 0.717) is 23.9 Å². The standard InChI is InChI=1S/C23H32ClN5O3/c1-23(2,3)32-22(31)25-14-18-9-6-7-13-28(18)16-21(30)27-20-11-12-26-29(20)15-17-8-4-5-10-19(17)24/h4-5,8,10-12,18H,6-7,9,13-16H2,1-3H3,(H,25,31)(H,27,30). The lowest BCUT2D eigenvalue weighted by Crippen LogP contribution is -2.49. The zero-order chi connectivity index (χ0) is 23.1. The molecule has 2 amide bonds. The van der Waals surface area contributed by atoms with Crippen LogP contribution in [0.5, 0.6) is 0 Å². The van der Waals surface area contributed by atoms with E-state index in [-0.39, 0.29) is 18.5 Å². The Bertz CT molecular complexity index is 924. The van der Waals surface area contributed by atoms with Crippen molar-refractivity contribution in [1.29, 1.82) is 0 Å². The van der Waals surface area contributed by atoms with Gasteiger partial charge in [-0.25, -0.2) is 9.48 Å². The highest BCUT2D eigenvalue weighted by atomic mass is 35.5. The maximum atomic E-state index is 12.8. The third-order valence-corrected chi connectivity index (χ3v) is 5.61. The molecule has 1 aliphatic heterocycles. The molecule has 0 radical (unpaired) electrons. The zero-order valence-corrected chi connectivity index (χ0v) is 19.7. The van der Waals surface area contributed by atoms with E-state index < -0.39 is 11.7 Å². The fourth-order valence-corrected chi connectivity index (χ4v) is 3.93. The summed E-state index contributed by atoms with van der Waals surface area (Å²) in [7, 11) is 0. The first-order valence-corrected chi connectivity index (χ1v) is 11.3. The summed E-state index contributed by atoms with van der Waals surface area (Å²) in [6, 6.07) is 9.43. The summed E-state index contributed by atoms with van der Waals surface area (Å²) in [5.74, 6) is 0.505. The van der Waals surface area contributed by atoms with Crippen molar-refractivity contribution < 1.29 is 14.3 Å². The van der Waals surface area contributed by atoms with Gasteiger partial charge in [-0.3, -0.25) is 9.69 Å². The largest absolute Gasteiger partial charge is 0.444 e. The lowest BCUT2D eigenvalue weighted by Gasteiger charge is -2.35. The predicted octanol–water partition coefficient (Wildman–Crippen LogP) is 3.90. The lowest BCUT2D eigenvalue weighted by molar-refractivity contribution is -0.118. The molecule has 2 heterocycles. The average Bonchev–Trinajstić information content (AvgIpc) is 3.14.